The third kappa shape index (κ3) is 5.40. The van der Waals surface area contributed by atoms with E-state index in [0.717, 1.165) is 9.87 Å². The maximum atomic E-state index is 12.8. The van der Waals surface area contributed by atoms with Crippen LogP contribution in [0.3, 0.4) is 0 Å². The summed E-state index contributed by atoms with van der Waals surface area (Å²) in [6.07, 6.45) is 0.372. The number of nitrogens with zero attached hydrogens (tertiary/aromatic N) is 1. The number of aliphatic carboxylic acids is 1. The van der Waals surface area contributed by atoms with E-state index >= 15 is 0 Å². The van der Waals surface area contributed by atoms with Gasteiger partial charge in [-0.15, -0.1) is 0 Å². The van der Waals surface area contributed by atoms with E-state index in [-0.39, 0.29) is 17.3 Å². The van der Waals surface area contributed by atoms with Crippen LogP contribution in [0.1, 0.15) is 12.5 Å². The van der Waals surface area contributed by atoms with Crippen molar-refractivity contribution in [2.45, 2.75) is 18.2 Å². The molecule has 0 saturated carbocycles. The van der Waals surface area contributed by atoms with E-state index in [1.54, 1.807) is 0 Å². The minimum atomic E-state index is -4.01. The van der Waals surface area contributed by atoms with Crippen LogP contribution >= 0.6 is 0 Å². The zero-order valence-electron chi connectivity index (χ0n) is 14.2. The van der Waals surface area contributed by atoms with Gasteiger partial charge in [0.15, 0.2) is 0 Å². The molecule has 0 heterocycles. The van der Waals surface area contributed by atoms with Crippen LogP contribution in [0.2, 0.25) is 0 Å². The Balaban J connectivity index is 2.21. The maximum absolute atomic E-state index is 12.8. The second-order valence-electron chi connectivity index (χ2n) is 5.65. The van der Waals surface area contributed by atoms with Crippen molar-refractivity contribution >= 4 is 27.6 Å². The molecule has 0 aliphatic carbocycles. The van der Waals surface area contributed by atoms with Crippen molar-refractivity contribution in [2.24, 2.45) is 0 Å². The van der Waals surface area contributed by atoms with Gasteiger partial charge in [0, 0.05) is 19.2 Å². The average molecular weight is 375 g/mol. The van der Waals surface area contributed by atoms with Crippen molar-refractivity contribution in [3.05, 3.63) is 60.2 Å². The summed E-state index contributed by atoms with van der Waals surface area (Å²) in [4.78, 5) is 22.0. The maximum Gasteiger partial charge on any atom is 0.243 e. The van der Waals surface area contributed by atoms with Crippen LogP contribution in [0.4, 0.5) is 5.69 Å². The van der Waals surface area contributed by atoms with Gasteiger partial charge in [-0.1, -0.05) is 30.3 Å². The van der Waals surface area contributed by atoms with Gasteiger partial charge in [0.1, 0.15) is 0 Å². The quantitative estimate of drug-likeness (QED) is 0.728. The topological polar surface area (TPSA) is 107 Å². The molecular formula is C18H19N2O5S-. The zero-order valence-corrected chi connectivity index (χ0v) is 15.0. The monoisotopic (exact) mass is 375 g/mol. The third-order valence-electron chi connectivity index (χ3n) is 3.61. The number of benzene rings is 2. The molecule has 0 unspecified atom stereocenters. The Morgan fingerprint density at radius 1 is 1.04 bits per heavy atom. The first-order valence-electron chi connectivity index (χ1n) is 7.90. The number of rotatable bonds is 8. The minimum absolute atomic E-state index is 0.00771. The van der Waals surface area contributed by atoms with Crippen LogP contribution in [-0.4, -0.2) is 37.7 Å². The van der Waals surface area contributed by atoms with Crippen molar-refractivity contribution in [1.29, 1.82) is 0 Å². The second kappa shape index (κ2) is 8.59. The van der Waals surface area contributed by atoms with Crippen LogP contribution in [0, 0.1) is 0 Å². The van der Waals surface area contributed by atoms with Crippen LogP contribution in [0.15, 0.2) is 59.5 Å². The number of sulfonamides is 1. The van der Waals surface area contributed by atoms with E-state index in [4.69, 9.17) is 0 Å². The molecule has 0 aliphatic rings. The van der Waals surface area contributed by atoms with Crippen LogP contribution in [-0.2, 0) is 26.0 Å². The molecule has 138 valence electrons. The van der Waals surface area contributed by atoms with E-state index < -0.39 is 22.5 Å². The Bertz CT molecular complexity index is 864. The van der Waals surface area contributed by atoms with Crippen molar-refractivity contribution in [3.8, 4) is 0 Å². The van der Waals surface area contributed by atoms with Crippen molar-refractivity contribution in [2.75, 3.05) is 18.4 Å². The lowest BCUT2D eigenvalue weighted by atomic mass is 10.1. The molecule has 0 aliphatic heterocycles. The van der Waals surface area contributed by atoms with Gasteiger partial charge in [0.05, 0.1) is 17.4 Å². The molecular weight excluding hydrogens is 356 g/mol. The highest BCUT2D eigenvalue weighted by atomic mass is 32.2. The number of hydrogen-bond acceptors (Lipinski definition) is 5. The molecule has 7 nitrogen and oxygen atoms in total. The fourth-order valence-corrected chi connectivity index (χ4v) is 3.77. The lowest BCUT2D eigenvalue weighted by molar-refractivity contribution is -0.305. The molecule has 0 bridgehead atoms. The lowest BCUT2D eigenvalue weighted by Crippen LogP contribution is -2.42. The number of carboxylic acids is 1. The van der Waals surface area contributed by atoms with Crippen molar-refractivity contribution < 1.29 is 23.1 Å². The van der Waals surface area contributed by atoms with E-state index in [9.17, 15) is 23.1 Å². The average Bonchev–Trinajstić information content (AvgIpc) is 2.59. The molecule has 8 heteroatoms. The largest absolute Gasteiger partial charge is 0.549 e. The fraction of sp³-hybridized carbons (Fsp3) is 0.222. The number of amides is 1. The highest BCUT2D eigenvalue weighted by Crippen LogP contribution is 2.19. The number of carboxylic acid groups (broad SMARTS) is 1. The molecule has 0 fully saturated rings. The normalized spacial score (nSPS) is 11.3. The summed E-state index contributed by atoms with van der Waals surface area (Å²) in [7, 11) is -4.01. The predicted octanol–water partition coefficient (Wildman–Crippen LogP) is 0.628. The van der Waals surface area contributed by atoms with Crippen LogP contribution in [0.25, 0.3) is 0 Å². The first kappa shape index (κ1) is 19.6. The Labute approximate surface area is 152 Å². The number of nitrogens with one attached hydrogen (secondary N) is 1. The summed E-state index contributed by atoms with van der Waals surface area (Å²) in [5.74, 6) is -1.75. The summed E-state index contributed by atoms with van der Waals surface area (Å²) in [6.45, 7) is 0.617. The molecule has 2 aromatic carbocycles. The summed E-state index contributed by atoms with van der Waals surface area (Å²) >= 11 is 0. The van der Waals surface area contributed by atoms with Gasteiger partial charge in [-0.25, -0.2) is 8.42 Å². The predicted molar refractivity (Wildman–Crippen MR) is 94.7 cm³/mol. The Hall–Kier alpha value is -2.71. The molecule has 0 spiro atoms. The Morgan fingerprint density at radius 3 is 2.19 bits per heavy atom. The van der Waals surface area contributed by atoms with Gasteiger partial charge in [-0.05, 0) is 36.2 Å². The number of hydrogen-bond donors (Lipinski definition) is 1. The standard InChI is InChI=1S/C18H20N2O5S/c1-14(21)19-16-7-9-17(10-8-16)26(24,25)20(13-18(22)23)12-11-15-5-3-2-4-6-15/h2-10H,11-13H2,1H3,(H,19,21)(H,22,23)/p-1. The smallest absolute Gasteiger partial charge is 0.243 e. The van der Waals surface area contributed by atoms with Gasteiger partial charge in [-0.3, -0.25) is 4.79 Å². The first-order valence-corrected chi connectivity index (χ1v) is 9.34. The third-order valence-corrected chi connectivity index (χ3v) is 5.47. The molecule has 2 rings (SSSR count). The highest BCUT2D eigenvalue weighted by Gasteiger charge is 2.24. The fourth-order valence-electron chi connectivity index (χ4n) is 2.39. The summed E-state index contributed by atoms with van der Waals surface area (Å²) in [6, 6.07) is 14.7. The second-order valence-corrected chi connectivity index (χ2v) is 7.59. The molecule has 2 aromatic rings. The molecule has 0 saturated heterocycles. The highest BCUT2D eigenvalue weighted by molar-refractivity contribution is 7.89. The van der Waals surface area contributed by atoms with Gasteiger partial charge in [0.2, 0.25) is 15.9 Å². The van der Waals surface area contributed by atoms with Gasteiger partial charge in [-0.2, -0.15) is 4.31 Å². The van der Waals surface area contributed by atoms with Crippen LogP contribution in [0.5, 0.6) is 0 Å². The Morgan fingerprint density at radius 2 is 1.65 bits per heavy atom. The molecule has 0 aromatic heterocycles. The van der Waals surface area contributed by atoms with E-state index in [0.29, 0.717) is 12.1 Å². The van der Waals surface area contributed by atoms with Crippen molar-refractivity contribution in [1.82, 2.24) is 4.31 Å². The van der Waals surface area contributed by atoms with E-state index in [2.05, 4.69) is 5.32 Å². The molecule has 0 radical (unpaired) electrons. The zero-order chi connectivity index (χ0) is 19.2. The number of carbonyl (C=O) groups is 2. The van der Waals surface area contributed by atoms with E-state index in [1.165, 1.54) is 31.2 Å². The van der Waals surface area contributed by atoms with E-state index in [1.807, 2.05) is 30.3 Å². The van der Waals surface area contributed by atoms with Gasteiger partial charge in [0.25, 0.3) is 0 Å². The van der Waals surface area contributed by atoms with Gasteiger partial charge < -0.3 is 15.2 Å². The lowest BCUT2D eigenvalue weighted by Gasteiger charge is -2.23. The van der Waals surface area contributed by atoms with Gasteiger partial charge >= 0.3 is 0 Å². The van der Waals surface area contributed by atoms with Crippen molar-refractivity contribution in [3.63, 3.8) is 0 Å². The van der Waals surface area contributed by atoms with Crippen LogP contribution < -0.4 is 10.4 Å². The molecule has 1 amide bonds. The molecule has 1 N–H and O–H groups in total. The number of anilines is 1. The minimum Gasteiger partial charge on any atom is -0.549 e. The summed E-state index contributed by atoms with van der Waals surface area (Å²) < 4.78 is 26.4. The Kier molecular flexibility index (Phi) is 6.48. The summed E-state index contributed by atoms with van der Waals surface area (Å²) in [5.41, 5.74) is 1.35. The molecule has 0 atom stereocenters. The summed E-state index contributed by atoms with van der Waals surface area (Å²) in [5, 5.41) is 13.5. The number of carbonyl (C=O) groups excluding carboxylic acids is 2. The molecule has 26 heavy (non-hydrogen) atoms. The SMILES string of the molecule is CC(=O)Nc1ccc(S(=O)(=O)N(CCc2ccccc2)CC(=O)[O-])cc1. The first-order chi connectivity index (χ1) is 12.3.